The summed E-state index contributed by atoms with van der Waals surface area (Å²) in [5.74, 6) is 6.33. The van der Waals surface area contributed by atoms with E-state index in [9.17, 15) is 4.79 Å². The highest BCUT2D eigenvalue weighted by molar-refractivity contribution is 5.94. The minimum atomic E-state index is -0.0644. The highest BCUT2D eigenvalue weighted by atomic mass is 16.1. The van der Waals surface area contributed by atoms with Gasteiger partial charge in [0.2, 0.25) is 0 Å². The van der Waals surface area contributed by atoms with E-state index in [0.29, 0.717) is 17.3 Å². The van der Waals surface area contributed by atoms with E-state index in [1.54, 1.807) is 12.1 Å². The van der Waals surface area contributed by atoms with E-state index in [0.717, 1.165) is 0 Å². The first-order valence-corrected chi connectivity index (χ1v) is 6.44. The van der Waals surface area contributed by atoms with E-state index in [1.165, 1.54) is 31.9 Å². The zero-order chi connectivity index (χ0) is 13.0. The summed E-state index contributed by atoms with van der Waals surface area (Å²) in [5, 5.41) is 3.04. The van der Waals surface area contributed by atoms with Crippen LogP contribution < -0.4 is 16.6 Å². The molecule has 5 heteroatoms. The number of hydrazine groups is 1. The summed E-state index contributed by atoms with van der Waals surface area (Å²) in [6, 6.07) is 3.64. The molecule has 1 fully saturated rings. The van der Waals surface area contributed by atoms with Gasteiger partial charge >= 0.3 is 0 Å². The van der Waals surface area contributed by atoms with Gasteiger partial charge in [-0.2, -0.15) is 0 Å². The molecular formula is C13H20N4O. The summed E-state index contributed by atoms with van der Waals surface area (Å²) in [4.78, 5) is 16.0. The number of aromatic nitrogens is 1. The van der Waals surface area contributed by atoms with Crippen LogP contribution in [-0.2, 0) is 0 Å². The quantitative estimate of drug-likeness (QED) is 0.559. The van der Waals surface area contributed by atoms with Gasteiger partial charge in [-0.1, -0.05) is 12.8 Å². The summed E-state index contributed by atoms with van der Waals surface area (Å²) >= 11 is 0. The Morgan fingerprint density at radius 2 is 2.17 bits per heavy atom. The normalized spacial score (nSPS) is 17.4. The molecule has 1 atom stereocenters. The first-order chi connectivity index (χ1) is 8.70. The monoisotopic (exact) mass is 248 g/mol. The molecule has 1 unspecified atom stereocenters. The average Bonchev–Trinajstić information content (AvgIpc) is 2.92. The van der Waals surface area contributed by atoms with Crippen LogP contribution in [0.5, 0.6) is 0 Å². The predicted molar refractivity (Wildman–Crippen MR) is 70.9 cm³/mol. The second-order valence-electron chi connectivity index (χ2n) is 4.88. The molecule has 1 aliphatic carbocycles. The fourth-order valence-electron chi connectivity index (χ4n) is 2.48. The van der Waals surface area contributed by atoms with Crippen LogP contribution in [0.25, 0.3) is 0 Å². The van der Waals surface area contributed by atoms with Crippen molar-refractivity contribution in [3.63, 3.8) is 0 Å². The molecule has 1 amide bonds. The van der Waals surface area contributed by atoms with E-state index in [4.69, 9.17) is 5.84 Å². The lowest BCUT2D eigenvalue weighted by Crippen LogP contribution is -2.37. The molecule has 0 aliphatic heterocycles. The van der Waals surface area contributed by atoms with Crippen LogP contribution >= 0.6 is 0 Å². The van der Waals surface area contributed by atoms with Crippen LogP contribution in [0.2, 0.25) is 0 Å². The van der Waals surface area contributed by atoms with E-state index < -0.39 is 0 Å². The molecule has 1 aromatic heterocycles. The van der Waals surface area contributed by atoms with E-state index >= 15 is 0 Å². The van der Waals surface area contributed by atoms with Crippen molar-refractivity contribution in [1.82, 2.24) is 10.3 Å². The van der Waals surface area contributed by atoms with Crippen molar-refractivity contribution in [2.75, 3.05) is 5.43 Å². The lowest BCUT2D eigenvalue weighted by atomic mass is 9.99. The van der Waals surface area contributed by atoms with Crippen LogP contribution in [-0.4, -0.2) is 16.9 Å². The lowest BCUT2D eigenvalue weighted by molar-refractivity contribution is 0.0927. The maximum Gasteiger partial charge on any atom is 0.253 e. The molecule has 0 bridgehead atoms. The standard InChI is InChI=1S/C13H20N4O/c1-9(10-4-2-3-5-10)16-13(18)11-6-7-12(17-14)15-8-11/h6-10H,2-5,14H2,1H3,(H,15,17)(H,16,18). The summed E-state index contributed by atoms with van der Waals surface area (Å²) in [6.07, 6.45) is 6.53. The minimum Gasteiger partial charge on any atom is -0.349 e. The van der Waals surface area contributed by atoms with Crippen LogP contribution in [0.3, 0.4) is 0 Å². The van der Waals surface area contributed by atoms with Gasteiger partial charge < -0.3 is 10.7 Å². The van der Waals surface area contributed by atoms with Gasteiger partial charge in [0, 0.05) is 12.2 Å². The molecule has 5 nitrogen and oxygen atoms in total. The van der Waals surface area contributed by atoms with Gasteiger partial charge in [0.15, 0.2) is 0 Å². The summed E-state index contributed by atoms with van der Waals surface area (Å²) in [6.45, 7) is 2.08. The number of nitrogens with one attached hydrogen (secondary N) is 2. The van der Waals surface area contributed by atoms with Crippen LogP contribution in [0.4, 0.5) is 5.82 Å². The molecule has 1 aromatic rings. The topological polar surface area (TPSA) is 80.0 Å². The van der Waals surface area contributed by atoms with Crippen LogP contribution in [0.1, 0.15) is 43.0 Å². The summed E-state index contributed by atoms with van der Waals surface area (Å²) in [7, 11) is 0. The molecule has 4 N–H and O–H groups in total. The Hall–Kier alpha value is -1.62. The number of nitrogens with two attached hydrogens (primary N) is 1. The third-order valence-corrected chi connectivity index (χ3v) is 3.64. The molecule has 1 heterocycles. The molecule has 1 aliphatic rings. The van der Waals surface area contributed by atoms with Gasteiger partial charge in [-0.25, -0.2) is 10.8 Å². The van der Waals surface area contributed by atoms with Crippen molar-refractivity contribution < 1.29 is 4.79 Å². The van der Waals surface area contributed by atoms with Gasteiger partial charge in [-0.15, -0.1) is 0 Å². The molecule has 2 rings (SSSR count). The SMILES string of the molecule is CC(NC(=O)c1ccc(NN)nc1)C1CCCC1. The van der Waals surface area contributed by atoms with Crippen LogP contribution in [0.15, 0.2) is 18.3 Å². The number of carbonyl (C=O) groups is 1. The second kappa shape index (κ2) is 5.82. The van der Waals surface area contributed by atoms with Crippen molar-refractivity contribution in [1.29, 1.82) is 0 Å². The maximum absolute atomic E-state index is 12.0. The summed E-state index contributed by atoms with van der Waals surface area (Å²) in [5.41, 5.74) is 3.00. The van der Waals surface area contributed by atoms with Crippen molar-refractivity contribution >= 4 is 11.7 Å². The Balaban J connectivity index is 1.93. The Kier molecular flexibility index (Phi) is 4.15. The first kappa shape index (κ1) is 12.8. The number of rotatable bonds is 4. The molecule has 18 heavy (non-hydrogen) atoms. The van der Waals surface area contributed by atoms with Crippen LogP contribution in [0, 0.1) is 5.92 Å². The number of hydrogen-bond donors (Lipinski definition) is 3. The van der Waals surface area contributed by atoms with E-state index in [2.05, 4.69) is 22.7 Å². The summed E-state index contributed by atoms with van der Waals surface area (Å²) < 4.78 is 0. The number of carbonyl (C=O) groups excluding carboxylic acids is 1. The largest absolute Gasteiger partial charge is 0.349 e. The number of nitrogen functional groups attached to an aromatic ring is 1. The Labute approximate surface area is 107 Å². The van der Waals surface area contributed by atoms with Gasteiger partial charge in [0.25, 0.3) is 5.91 Å². The number of anilines is 1. The molecule has 0 saturated heterocycles. The Morgan fingerprint density at radius 3 is 2.72 bits per heavy atom. The molecule has 1 saturated carbocycles. The Morgan fingerprint density at radius 1 is 1.44 bits per heavy atom. The molecule has 98 valence electrons. The molecule has 0 aromatic carbocycles. The number of pyridine rings is 1. The average molecular weight is 248 g/mol. The van der Waals surface area contributed by atoms with Crippen molar-refractivity contribution in [3.8, 4) is 0 Å². The maximum atomic E-state index is 12.0. The van der Waals surface area contributed by atoms with Crippen molar-refractivity contribution in [3.05, 3.63) is 23.9 Å². The fraction of sp³-hybridized carbons (Fsp3) is 0.538. The van der Waals surface area contributed by atoms with Crippen molar-refractivity contribution in [2.45, 2.75) is 38.6 Å². The number of nitrogens with zero attached hydrogens (tertiary/aromatic N) is 1. The third kappa shape index (κ3) is 2.98. The highest BCUT2D eigenvalue weighted by Gasteiger charge is 2.23. The Bertz CT molecular complexity index is 398. The zero-order valence-electron chi connectivity index (χ0n) is 10.6. The smallest absolute Gasteiger partial charge is 0.253 e. The van der Waals surface area contributed by atoms with E-state index in [-0.39, 0.29) is 11.9 Å². The third-order valence-electron chi connectivity index (χ3n) is 3.64. The molecule has 0 spiro atoms. The predicted octanol–water partition coefficient (Wildman–Crippen LogP) is 1.68. The van der Waals surface area contributed by atoms with Gasteiger partial charge in [0.05, 0.1) is 5.56 Å². The zero-order valence-corrected chi connectivity index (χ0v) is 10.6. The molecule has 0 radical (unpaired) electrons. The minimum absolute atomic E-state index is 0.0644. The number of amides is 1. The second-order valence-corrected chi connectivity index (χ2v) is 4.88. The number of hydrogen-bond acceptors (Lipinski definition) is 4. The highest BCUT2D eigenvalue weighted by Crippen LogP contribution is 2.27. The van der Waals surface area contributed by atoms with E-state index in [1.807, 2.05) is 0 Å². The first-order valence-electron chi connectivity index (χ1n) is 6.44. The van der Waals surface area contributed by atoms with Gasteiger partial charge in [0.1, 0.15) is 5.82 Å². The lowest BCUT2D eigenvalue weighted by Gasteiger charge is -2.20. The fourth-order valence-corrected chi connectivity index (χ4v) is 2.48. The van der Waals surface area contributed by atoms with Gasteiger partial charge in [-0.3, -0.25) is 4.79 Å². The van der Waals surface area contributed by atoms with Crippen molar-refractivity contribution in [2.24, 2.45) is 11.8 Å². The molecular weight excluding hydrogens is 228 g/mol. The van der Waals surface area contributed by atoms with Gasteiger partial charge in [-0.05, 0) is 37.8 Å².